The third-order valence-corrected chi connectivity index (χ3v) is 6.88. The van der Waals surface area contributed by atoms with Gasteiger partial charge in [-0.1, -0.05) is 30.3 Å². The van der Waals surface area contributed by atoms with Crippen molar-refractivity contribution in [2.45, 2.75) is 44.2 Å². The number of rotatable bonds is 12. The lowest BCUT2D eigenvalue weighted by Gasteiger charge is -2.38. The molecule has 1 amide bonds. The number of piperidine rings is 1. The normalized spacial score (nSPS) is 15.1. The van der Waals surface area contributed by atoms with E-state index in [1.165, 1.54) is 10.9 Å². The number of carbonyl (C=O) groups excluding carboxylic acids is 1. The van der Waals surface area contributed by atoms with Gasteiger partial charge in [0, 0.05) is 38.3 Å². The van der Waals surface area contributed by atoms with Gasteiger partial charge in [-0.15, -0.1) is 0 Å². The number of aliphatic hydroxyl groups is 1. The summed E-state index contributed by atoms with van der Waals surface area (Å²) in [6.45, 7) is 3.59. The largest absolute Gasteiger partial charge is 0.388 e. The Kier molecular flexibility index (Phi) is 9.27. The van der Waals surface area contributed by atoms with Crippen LogP contribution >= 0.6 is 0 Å². The highest BCUT2D eigenvalue weighted by Crippen LogP contribution is 2.25. The van der Waals surface area contributed by atoms with Crippen LogP contribution in [0.2, 0.25) is 0 Å². The number of nitrogens with zero attached hydrogens (tertiary/aromatic N) is 3. The highest BCUT2D eigenvalue weighted by atomic mass is 16.5. The smallest absolute Gasteiger partial charge is 0.261 e. The maximum Gasteiger partial charge on any atom is 0.261 e. The molecule has 4 rings (SSSR count). The van der Waals surface area contributed by atoms with Gasteiger partial charge >= 0.3 is 0 Å². The van der Waals surface area contributed by atoms with Gasteiger partial charge in [-0.05, 0) is 56.0 Å². The Labute approximate surface area is 217 Å². The van der Waals surface area contributed by atoms with Gasteiger partial charge in [0.2, 0.25) is 5.91 Å². The number of ether oxygens (including phenoxy) is 1. The first-order valence-electron chi connectivity index (χ1n) is 13.0. The molecule has 1 aromatic heterocycles. The van der Waals surface area contributed by atoms with Gasteiger partial charge in [-0.2, -0.15) is 0 Å². The van der Waals surface area contributed by atoms with Crippen LogP contribution in [0.5, 0.6) is 0 Å². The minimum Gasteiger partial charge on any atom is -0.388 e. The third-order valence-electron chi connectivity index (χ3n) is 6.88. The number of anilines is 1. The zero-order chi connectivity index (χ0) is 26.1. The van der Waals surface area contributed by atoms with E-state index in [-0.39, 0.29) is 18.0 Å². The minimum absolute atomic E-state index is 0.0991. The van der Waals surface area contributed by atoms with Crippen LogP contribution in [-0.4, -0.2) is 70.5 Å². The Hall–Kier alpha value is -3.27. The topological polar surface area (TPSA) is 123 Å². The van der Waals surface area contributed by atoms with E-state index >= 15 is 0 Å². The lowest BCUT2D eigenvalue weighted by Crippen LogP contribution is -2.49. The number of hydrogen-bond acceptors (Lipinski definition) is 7. The van der Waals surface area contributed by atoms with Crippen LogP contribution in [0.25, 0.3) is 10.9 Å². The fourth-order valence-electron chi connectivity index (χ4n) is 4.64. The van der Waals surface area contributed by atoms with Crippen molar-refractivity contribution in [3.63, 3.8) is 0 Å². The number of fused-ring (bicyclic) bond motifs is 1. The van der Waals surface area contributed by atoms with Crippen LogP contribution in [0.4, 0.5) is 5.69 Å². The number of benzene rings is 2. The maximum atomic E-state index is 13.1. The molecule has 0 spiro atoms. The van der Waals surface area contributed by atoms with Gasteiger partial charge in [0.25, 0.3) is 5.56 Å². The average molecular weight is 508 g/mol. The standard InChI is InChI=1S/C28H37N5O4/c29-13-4-17-37-18-14-30-23-8-9-24-25(19-23)31-21-33(27(24)35)20-28(36)11-15-32(16-12-28)26(34)10-7-22-5-2-1-3-6-22/h1-3,5-6,8-9,19,21,30,36H,4,7,10-18,20,29H2. The molecule has 2 aromatic carbocycles. The second-order valence-electron chi connectivity index (χ2n) is 9.68. The average Bonchev–Trinajstić information content (AvgIpc) is 2.92. The van der Waals surface area contributed by atoms with E-state index in [4.69, 9.17) is 10.5 Å². The Bertz CT molecular complexity index is 1220. The third kappa shape index (κ3) is 7.38. The van der Waals surface area contributed by atoms with Crippen LogP contribution < -0.4 is 16.6 Å². The van der Waals surface area contributed by atoms with Crippen molar-refractivity contribution in [3.05, 3.63) is 70.8 Å². The van der Waals surface area contributed by atoms with Gasteiger partial charge in [0.05, 0.1) is 36.0 Å². The molecule has 0 aliphatic carbocycles. The van der Waals surface area contributed by atoms with Gasteiger partial charge in [0.15, 0.2) is 0 Å². The highest BCUT2D eigenvalue weighted by Gasteiger charge is 2.34. The van der Waals surface area contributed by atoms with Crippen LogP contribution in [0, 0.1) is 0 Å². The fourth-order valence-corrected chi connectivity index (χ4v) is 4.64. The number of aryl methyl sites for hydroxylation is 1. The summed E-state index contributed by atoms with van der Waals surface area (Å²) < 4.78 is 6.97. The highest BCUT2D eigenvalue weighted by molar-refractivity contribution is 5.81. The van der Waals surface area contributed by atoms with E-state index in [1.807, 2.05) is 47.4 Å². The Morgan fingerprint density at radius 1 is 1.14 bits per heavy atom. The van der Waals surface area contributed by atoms with Crippen molar-refractivity contribution < 1.29 is 14.6 Å². The zero-order valence-electron chi connectivity index (χ0n) is 21.3. The number of likely N-dealkylation sites (tertiary alicyclic amines) is 1. The summed E-state index contributed by atoms with van der Waals surface area (Å²) in [5.74, 6) is 0.0991. The molecule has 4 N–H and O–H groups in total. The molecule has 0 unspecified atom stereocenters. The molecule has 9 nitrogen and oxygen atoms in total. The summed E-state index contributed by atoms with van der Waals surface area (Å²) in [5.41, 5.74) is 6.82. The van der Waals surface area contributed by atoms with E-state index in [0.29, 0.717) is 76.0 Å². The number of nitrogens with one attached hydrogen (secondary N) is 1. The molecular weight excluding hydrogens is 470 g/mol. The molecule has 0 atom stereocenters. The molecular formula is C28H37N5O4. The number of hydrogen-bond donors (Lipinski definition) is 3. The van der Waals surface area contributed by atoms with E-state index < -0.39 is 5.60 Å². The molecule has 0 radical (unpaired) electrons. The summed E-state index contributed by atoms with van der Waals surface area (Å²) in [4.78, 5) is 32.0. The lowest BCUT2D eigenvalue weighted by molar-refractivity contribution is -0.135. The van der Waals surface area contributed by atoms with E-state index in [9.17, 15) is 14.7 Å². The van der Waals surface area contributed by atoms with Gasteiger partial charge in [0.1, 0.15) is 0 Å². The Balaban J connectivity index is 1.30. The predicted molar refractivity (Wildman–Crippen MR) is 145 cm³/mol. The summed E-state index contributed by atoms with van der Waals surface area (Å²) in [7, 11) is 0. The molecule has 1 saturated heterocycles. The molecule has 1 aliphatic rings. The molecule has 1 fully saturated rings. The lowest BCUT2D eigenvalue weighted by atomic mass is 9.91. The summed E-state index contributed by atoms with van der Waals surface area (Å²) in [6, 6.07) is 15.4. The van der Waals surface area contributed by atoms with Gasteiger partial charge in [-0.25, -0.2) is 4.98 Å². The van der Waals surface area contributed by atoms with E-state index in [1.54, 1.807) is 6.07 Å². The van der Waals surface area contributed by atoms with Crippen molar-refractivity contribution in [3.8, 4) is 0 Å². The minimum atomic E-state index is -1.05. The Morgan fingerprint density at radius 2 is 1.92 bits per heavy atom. The van der Waals surface area contributed by atoms with Gasteiger partial charge in [-0.3, -0.25) is 14.2 Å². The van der Waals surface area contributed by atoms with Crippen molar-refractivity contribution in [2.75, 3.05) is 44.7 Å². The first-order chi connectivity index (χ1) is 18.0. The van der Waals surface area contributed by atoms with Crippen LogP contribution in [-0.2, 0) is 22.5 Å². The summed E-state index contributed by atoms with van der Waals surface area (Å²) in [5, 5.41) is 15.0. The second kappa shape index (κ2) is 12.8. The fraction of sp³-hybridized carbons (Fsp3) is 0.464. The van der Waals surface area contributed by atoms with Crippen LogP contribution in [0.1, 0.15) is 31.2 Å². The monoisotopic (exact) mass is 507 g/mol. The van der Waals surface area contributed by atoms with Crippen molar-refractivity contribution in [1.82, 2.24) is 14.5 Å². The number of amides is 1. The number of nitrogens with two attached hydrogens (primary N) is 1. The molecule has 9 heteroatoms. The first-order valence-corrected chi connectivity index (χ1v) is 13.0. The number of carbonyl (C=O) groups is 1. The summed E-state index contributed by atoms with van der Waals surface area (Å²) >= 11 is 0. The molecule has 3 aromatic rings. The zero-order valence-corrected chi connectivity index (χ0v) is 21.3. The molecule has 198 valence electrons. The molecule has 37 heavy (non-hydrogen) atoms. The number of aromatic nitrogens is 2. The predicted octanol–water partition coefficient (Wildman–Crippen LogP) is 2.16. The van der Waals surface area contributed by atoms with E-state index in [2.05, 4.69) is 10.3 Å². The molecule has 2 heterocycles. The van der Waals surface area contributed by atoms with Crippen molar-refractivity contribution >= 4 is 22.5 Å². The SMILES string of the molecule is NCCCOCCNc1ccc2c(=O)n(CC3(O)CCN(C(=O)CCc4ccccc4)CC3)cnc2c1. The van der Waals surface area contributed by atoms with Crippen LogP contribution in [0.15, 0.2) is 59.7 Å². The summed E-state index contributed by atoms with van der Waals surface area (Å²) in [6.07, 6.45) is 4.34. The van der Waals surface area contributed by atoms with Crippen LogP contribution in [0.3, 0.4) is 0 Å². The van der Waals surface area contributed by atoms with Gasteiger partial charge < -0.3 is 25.8 Å². The molecule has 0 bridgehead atoms. The maximum absolute atomic E-state index is 13.1. The Morgan fingerprint density at radius 3 is 2.68 bits per heavy atom. The van der Waals surface area contributed by atoms with E-state index in [0.717, 1.165) is 17.7 Å². The molecule has 1 aliphatic heterocycles. The van der Waals surface area contributed by atoms with Crippen molar-refractivity contribution in [1.29, 1.82) is 0 Å². The quantitative estimate of drug-likeness (QED) is 0.321. The molecule has 0 saturated carbocycles. The van der Waals surface area contributed by atoms with Crippen molar-refractivity contribution in [2.24, 2.45) is 5.73 Å². The second-order valence-corrected chi connectivity index (χ2v) is 9.68. The first kappa shape index (κ1) is 26.8.